The number of aryl methyl sites for hydroxylation is 1. The summed E-state index contributed by atoms with van der Waals surface area (Å²) in [5.74, 6) is 0.0467. The molecule has 1 aromatic carbocycles. The van der Waals surface area contributed by atoms with Gasteiger partial charge in [0.2, 0.25) is 5.91 Å². The highest BCUT2D eigenvalue weighted by atomic mass is 32.2. The number of rotatable bonds is 5. The molecule has 0 aliphatic heterocycles. The molecule has 23 heavy (non-hydrogen) atoms. The molecule has 0 fully saturated rings. The summed E-state index contributed by atoms with van der Waals surface area (Å²) < 4.78 is 0. The quantitative estimate of drug-likeness (QED) is 0.484. The monoisotopic (exact) mass is 329 g/mol. The summed E-state index contributed by atoms with van der Waals surface area (Å²) in [5, 5.41) is 3.21. The average molecular weight is 329 g/mol. The second-order valence-electron chi connectivity index (χ2n) is 5.02. The van der Waals surface area contributed by atoms with Crippen LogP contribution in [-0.4, -0.2) is 31.6 Å². The molecule has 118 valence electrons. The van der Waals surface area contributed by atoms with Crippen LogP contribution in [-0.2, 0) is 11.3 Å². The van der Waals surface area contributed by atoms with Gasteiger partial charge in [-0.1, -0.05) is 41.6 Å². The average Bonchev–Trinajstić information content (AvgIpc) is 3.01. The number of H-pyrrole nitrogens is 2. The number of hydrogen-bond acceptors (Lipinski definition) is 5. The zero-order chi connectivity index (χ0) is 16.2. The minimum absolute atomic E-state index is 0.125. The fourth-order valence-electron chi connectivity index (χ4n) is 1.98. The Kier molecular flexibility index (Phi) is 4.42. The van der Waals surface area contributed by atoms with Gasteiger partial charge in [-0.15, -0.1) is 0 Å². The van der Waals surface area contributed by atoms with Crippen molar-refractivity contribution in [3.63, 3.8) is 0 Å². The first kappa shape index (κ1) is 15.3. The molecule has 0 unspecified atom stereocenters. The molecule has 0 saturated carbocycles. The third kappa shape index (κ3) is 3.78. The Hall–Kier alpha value is -2.61. The number of imidazole rings is 1. The fraction of sp³-hybridized carbons (Fsp3) is 0.200. The van der Waals surface area contributed by atoms with Crippen LogP contribution in [0.15, 0.2) is 40.5 Å². The Morgan fingerprint density at radius 1 is 1.30 bits per heavy atom. The van der Waals surface area contributed by atoms with Gasteiger partial charge in [0.25, 0.3) is 5.56 Å². The van der Waals surface area contributed by atoms with Gasteiger partial charge in [0.15, 0.2) is 16.3 Å². The van der Waals surface area contributed by atoms with E-state index >= 15 is 0 Å². The Morgan fingerprint density at radius 2 is 2.09 bits per heavy atom. The van der Waals surface area contributed by atoms with Crippen LogP contribution in [0.3, 0.4) is 0 Å². The third-order valence-electron chi connectivity index (χ3n) is 3.22. The molecule has 0 aliphatic rings. The molecule has 0 radical (unpaired) electrons. The molecule has 3 aromatic rings. The molecule has 8 heteroatoms. The Bertz CT molecular complexity index is 885. The number of hydrogen-bond donors (Lipinski definition) is 3. The Balaban J connectivity index is 1.55. The summed E-state index contributed by atoms with van der Waals surface area (Å²) in [6.07, 6.45) is 1.41. The summed E-state index contributed by atoms with van der Waals surface area (Å²) in [6.45, 7) is 2.49. The Morgan fingerprint density at radius 3 is 2.87 bits per heavy atom. The molecule has 3 rings (SSSR count). The zero-order valence-corrected chi connectivity index (χ0v) is 13.2. The summed E-state index contributed by atoms with van der Waals surface area (Å²) >= 11 is 1.17. The van der Waals surface area contributed by atoms with Crippen LogP contribution >= 0.6 is 11.8 Å². The van der Waals surface area contributed by atoms with Crippen molar-refractivity contribution < 1.29 is 4.79 Å². The summed E-state index contributed by atoms with van der Waals surface area (Å²) in [6, 6.07) is 7.97. The van der Waals surface area contributed by atoms with Crippen LogP contribution in [0.25, 0.3) is 11.2 Å². The van der Waals surface area contributed by atoms with E-state index < -0.39 is 0 Å². The predicted octanol–water partition coefficient (Wildman–Crippen LogP) is 1.36. The highest BCUT2D eigenvalue weighted by Crippen LogP contribution is 2.12. The van der Waals surface area contributed by atoms with E-state index in [9.17, 15) is 9.59 Å². The van der Waals surface area contributed by atoms with Gasteiger partial charge < -0.3 is 10.3 Å². The highest BCUT2D eigenvalue weighted by Gasteiger charge is 2.08. The van der Waals surface area contributed by atoms with E-state index in [1.54, 1.807) is 0 Å². The van der Waals surface area contributed by atoms with Gasteiger partial charge in [-0.3, -0.25) is 14.6 Å². The van der Waals surface area contributed by atoms with Crippen LogP contribution in [0.1, 0.15) is 11.1 Å². The number of benzene rings is 1. The normalized spacial score (nSPS) is 10.8. The van der Waals surface area contributed by atoms with E-state index in [2.05, 4.69) is 25.3 Å². The number of thioether (sulfide) groups is 1. The van der Waals surface area contributed by atoms with Gasteiger partial charge in [0.1, 0.15) is 0 Å². The second-order valence-corrected chi connectivity index (χ2v) is 5.99. The molecule has 0 bridgehead atoms. The molecule has 0 saturated heterocycles. The maximum Gasteiger partial charge on any atom is 0.277 e. The molecule has 0 spiro atoms. The molecule has 0 atom stereocenters. The first-order valence-corrected chi connectivity index (χ1v) is 7.99. The van der Waals surface area contributed by atoms with Gasteiger partial charge in [-0.2, -0.15) is 0 Å². The number of nitrogens with one attached hydrogen (secondary N) is 3. The van der Waals surface area contributed by atoms with Crippen molar-refractivity contribution in [2.24, 2.45) is 0 Å². The standard InChI is InChI=1S/C15H15N5O2S/c1-9-2-4-10(5-3-9)6-16-11(21)7-23-15-19-13-12(14(22)20-15)17-8-18-13/h2-5,8H,6-7H2,1H3,(H,16,21)(H2,17,18,19,20,22). The maximum atomic E-state index is 11.9. The smallest absolute Gasteiger partial charge is 0.277 e. The molecule has 0 aliphatic carbocycles. The first-order valence-electron chi connectivity index (χ1n) is 7.00. The molecular weight excluding hydrogens is 314 g/mol. The number of aromatic amines is 2. The van der Waals surface area contributed by atoms with Crippen molar-refractivity contribution in [2.45, 2.75) is 18.6 Å². The molecular formula is C15H15N5O2S. The molecule has 2 heterocycles. The van der Waals surface area contributed by atoms with Crippen molar-refractivity contribution >= 4 is 28.8 Å². The number of fused-ring (bicyclic) bond motifs is 1. The molecule has 2 aromatic heterocycles. The van der Waals surface area contributed by atoms with E-state index in [0.717, 1.165) is 5.56 Å². The van der Waals surface area contributed by atoms with Crippen LogP contribution < -0.4 is 10.9 Å². The van der Waals surface area contributed by atoms with Crippen molar-refractivity contribution in [3.8, 4) is 0 Å². The summed E-state index contributed by atoms with van der Waals surface area (Å²) in [7, 11) is 0. The van der Waals surface area contributed by atoms with Crippen LogP contribution in [0.5, 0.6) is 0 Å². The van der Waals surface area contributed by atoms with Crippen molar-refractivity contribution in [3.05, 3.63) is 52.1 Å². The van der Waals surface area contributed by atoms with Gasteiger partial charge in [-0.05, 0) is 12.5 Å². The van der Waals surface area contributed by atoms with E-state index in [4.69, 9.17) is 0 Å². The number of nitrogens with zero attached hydrogens (tertiary/aromatic N) is 2. The van der Waals surface area contributed by atoms with Crippen LogP contribution in [0, 0.1) is 6.92 Å². The van der Waals surface area contributed by atoms with E-state index in [1.807, 2.05) is 31.2 Å². The van der Waals surface area contributed by atoms with Gasteiger partial charge >= 0.3 is 0 Å². The SMILES string of the molecule is Cc1ccc(CNC(=O)CSc2nc3nc[nH]c3c(=O)[nH]2)cc1. The zero-order valence-electron chi connectivity index (χ0n) is 12.4. The summed E-state index contributed by atoms with van der Waals surface area (Å²) in [4.78, 5) is 37.1. The summed E-state index contributed by atoms with van der Waals surface area (Å²) in [5.41, 5.74) is 2.60. The highest BCUT2D eigenvalue weighted by molar-refractivity contribution is 7.99. The molecule has 7 nitrogen and oxygen atoms in total. The molecule has 3 N–H and O–H groups in total. The lowest BCUT2D eigenvalue weighted by atomic mass is 10.1. The third-order valence-corrected chi connectivity index (χ3v) is 4.10. The largest absolute Gasteiger partial charge is 0.351 e. The number of amides is 1. The van der Waals surface area contributed by atoms with E-state index in [-0.39, 0.29) is 17.2 Å². The number of aromatic nitrogens is 4. The Labute approximate surface area is 135 Å². The van der Waals surface area contributed by atoms with Crippen molar-refractivity contribution in [1.29, 1.82) is 0 Å². The maximum absolute atomic E-state index is 11.9. The topological polar surface area (TPSA) is 104 Å². The van der Waals surface area contributed by atoms with E-state index in [1.165, 1.54) is 23.7 Å². The van der Waals surface area contributed by atoms with Gasteiger partial charge in [-0.25, -0.2) is 9.97 Å². The lowest BCUT2D eigenvalue weighted by Gasteiger charge is -2.05. The van der Waals surface area contributed by atoms with Crippen molar-refractivity contribution in [1.82, 2.24) is 25.3 Å². The minimum Gasteiger partial charge on any atom is -0.351 e. The van der Waals surface area contributed by atoms with Gasteiger partial charge in [0, 0.05) is 6.54 Å². The lowest BCUT2D eigenvalue weighted by molar-refractivity contribution is -0.118. The lowest BCUT2D eigenvalue weighted by Crippen LogP contribution is -2.24. The van der Waals surface area contributed by atoms with E-state index in [0.29, 0.717) is 22.9 Å². The number of carbonyl (C=O) groups is 1. The van der Waals surface area contributed by atoms with Crippen LogP contribution in [0.4, 0.5) is 0 Å². The fourth-order valence-corrected chi connectivity index (χ4v) is 2.67. The molecule has 1 amide bonds. The first-order chi connectivity index (χ1) is 11.1. The van der Waals surface area contributed by atoms with Gasteiger partial charge in [0.05, 0.1) is 12.1 Å². The van der Waals surface area contributed by atoms with Crippen molar-refractivity contribution in [2.75, 3.05) is 5.75 Å². The predicted molar refractivity (Wildman–Crippen MR) is 88.3 cm³/mol. The second kappa shape index (κ2) is 6.66. The number of carbonyl (C=O) groups excluding carboxylic acids is 1. The van der Waals surface area contributed by atoms with Crippen LogP contribution in [0.2, 0.25) is 0 Å². The minimum atomic E-state index is -0.296.